The van der Waals surface area contributed by atoms with Crippen molar-refractivity contribution in [1.29, 1.82) is 0 Å². The number of aliphatic hydroxyl groups is 1. The first-order valence-corrected chi connectivity index (χ1v) is 12.4. The molecule has 1 unspecified atom stereocenters. The lowest BCUT2D eigenvalue weighted by molar-refractivity contribution is -0.140. The van der Waals surface area contributed by atoms with Gasteiger partial charge in [-0.2, -0.15) is 0 Å². The molecule has 0 bridgehead atoms. The Hall–Kier alpha value is -2.87. The van der Waals surface area contributed by atoms with Gasteiger partial charge in [0.2, 0.25) is 0 Å². The van der Waals surface area contributed by atoms with Gasteiger partial charge in [0.15, 0.2) is 0 Å². The zero-order valence-corrected chi connectivity index (χ0v) is 20.7. The van der Waals surface area contributed by atoms with Gasteiger partial charge in [0.25, 0.3) is 11.7 Å². The Balaban J connectivity index is 1.66. The van der Waals surface area contributed by atoms with E-state index in [-0.39, 0.29) is 11.3 Å². The minimum absolute atomic E-state index is 0.0660. The number of halogens is 1. The van der Waals surface area contributed by atoms with Crippen LogP contribution >= 0.6 is 11.6 Å². The van der Waals surface area contributed by atoms with Crippen LogP contribution in [0.4, 0.5) is 0 Å². The van der Waals surface area contributed by atoms with Crippen LogP contribution in [0, 0.1) is 0 Å². The lowest BCUT2D eigenvalue weighted by Crippen LogP contribution is -2.38. The Bertz CT molecular complexity index is 1100. The lowest BCUT2D eigenvalue weighted by atomic mass is 9.95. The van der Waals surface area contributed by atoms with Gasteiger partial charge < -0.3 is 19.5 Å². The first-order chi connectivity index (χ1) is 17.0. The van der Waals surface area contributed by atoms with Crippen LogP contribution in [0.25, 0.3) is 5.76 Å². The maximum atomic E-state index is 13.2. The van der Waals surface area contributed by atoms with E-state index in [1.165, 1.54) is 0 Å². The smallest absolute Gasteiger partial charge is 0.295 e. The summed E-state index contributed by atoms with van der Waals surface area (Å²) >= 11 is 6.26. The standard InChI is InChI=1S/C27H31ClN2O5/c1-2-14-35-22-9-4-7-20(18-22)25(31)23-24(19-6-3-8-21(28)17-19)30(27(33)26(23)32)11-5-10-29-12-15-34-16-13-29/h3-4,6-9,17-18,24,31H,2,5,10-16H2,1H3/b25-23+. The van der Waals surface area contributed by atoms with Crippen molar-refractivity contribution in [2.45, 2.75) is 25.8 Å². The van der Waals surface area contributed by atoms with Crippen LogP contribution in [0.3, 0.4) is 0 Å². The summed E-state index contributed by atoms with van der Waals surface area (Å²) in [6.45, 7) is 6.85. The van der Waals surface area contributed by atoms with E-state index in [1.807, 2.05) is 13.0 Å². The quantitative estimate of drug-likeness (QED) is 0.316. The van der Waals surface area contributed by atoms with Crippen molar-refractivity contribution in [1.82, 2.24) is 9.80 Å². The van der Waals surface area contributed by atoms with Crippen molar-refractivity contribution >= 4 is 29.1 Å². The van der Waals surface area contributed by atoms with Crippen molar-refractivity contribution in [3.63, 3.8) is 0 Å². The number of hydrogen-bond donors (Lipinski definition) is 1. The second-order valence-electron chi connectivity index (χ2n) is 8.73. The van der Waals surface area contributed by atoms with Gasteiger partial charge in [0, 0.05) is 36.8 Å². The molecule has 4 rings (SSSR count). The van der Waals surface area contributed by atoms with E-state index in [2.05, 4.69) is 4.90 Å². The van der Waals surface area contributed by atoms with Gasteiger partial charge >= 0.3 is 0 Å². The van der Waals surface area contributed by atoms with Crippen molar-refractivity contribution < 1.29 is 24.2 Å². The number of Topliss-reactive ketones (excluding diaryl/α,β-unsaturated/α-hetero) is 1. The van der Waals surface area contributed by atoms with E-state index < -0.39 is 17.7 Å². The maximum Gasteiger partial charge on any atom is 0.295 e. The van der Waals surface area contributed by atoms with Crippen molar-refractivity contribution in [2.24, 2.45) is 0 Å². The minimum atomic E-state index is -0.724. The SMILES string of the molecule is CCCOc1cccc(/C(O)=C2\C(=O)C(=O)N(CCCN3CCOCC3)C2c2cccc(Cl)c2)c1. The number of aliphatic hydroxyl groups excluding tert-OH is 1. The van der Waals surface area contributed by atoms with Crippen LogP contribution in [0.15, 0.2) is 54.1 Å². The molecular weight excluding hydrogens is 468 g/mol. The van der Waals surface area contributed by atoms with E-state index in [1.54, 1.807) is 47.4 Å². The van der Waals surface area contributed by atoms with Gasteiger partial charge in [-0.3, -0.25) is 14.5 Å². The minimum Gasteiger partial charge on any atom is -0.507 e. The number of hydrogen-bond acceptors (Lipinski definition) is 6. The Labute approximate surface area is 210 Å². The van der Waals surface area contributed by atoms with Crippen LogP contribution in [-0.2, 0) is 14.3 Å². The molecule has 0 aliphatic carbocycles. The molecule has 2 aromatic rings. The topological polar surface area (TPSA) is 79.3 Å². The van der Waals surface area contributed by atoms with E-state index >= 15 is 0 Å². The number of amides is 1. The van der Waals surface area contributed by atoms with Crippen LogP contribution in [-0.4, -0.2) is 72.6 Å². The highest BCUT2D eigenvalue weighted by Gasteiger charge is 2.45. The summed E-state index contributed by atoms with van der Waals surface area (Å²) in [5.41, 5.74) is 1.18. The number of nitrogens with zero attached hydrogens (tertiary/aromatic N) is 2. The largest absolute Gasteiger partial charge is 0.507 e. The van der Waals surface area contributed by atoms with Gasteiger partial charge in [-0.25, -0.2) is 0 Å². The lowest BCUT2D eigenvalue weighted by Gasteiger charge is -2.29. The molecule has 1 amide bonds. The van der Waals surface area contributed by atoms with Crippen molar-refractivity contribution in [2.75, 3.05) is 46.0 Å². The highest BCUT2D eigenvalue weighted by Crippen LogP contribution is 2.40. The third-order valence-electron chi connectivity index (χ3n) is 6.26. The third-order valence-corrected chi connectivity index (χ3v) is 6.50. The molecule has 2 aromatic carbocycles. The predicted octanol–water partition coefficient (Wildman–Crippen LogP) is 4.27. The van der Waals surface area contributed by atoms with Crippen molar-refractivity contribution in [3.05, 3.63) is 70.3 Å². The molecule has 1 N–H and O–H groups in total. The molecule has 2 saturated heterocycles. The molecule has 7 nitrogen and oxygen atoms in total. The fraction of sp³-hybridized carbons (Fsp3) is 0.407. The highest BCUT2D eigenvalue weighted by molar-refractivity contribution is 6.46. The van der Waals surface area contributed by atoms with Gasteiger partial charge in [0.1, 0.15) is 11.5 Å². The summed E-state index contributed by atoms with van der Waals surface area (Å²) < 4.78 is 11.1. The number of carbonyl (C=O) groups excluding carboxylic acids is 2. The molecule has 2 fully saturated rings. The van der Waals surface area contributed by atoms with E-state index in [4.69, 9.17) is 21.1 Å². The van der Waals surface area contributed by atoms with Gasteiger partial charge in [-0.05, 0) is 42.7 Å². The second kappa shape index (κ2) is 11.7. The summed E-state index contributed by atoms with van der Waals surface area (Å²) in [6.07, 6.45) is 1.55. The number of carbonyl (C=O) groups is 2. The first kappa shape index (κ1) is 25.2. The zero-order valence-electron chi connectivity index (χ0n) is 19.9. The Kier molecular flexibility index (Phi) is 8.44. The number of benzene rings is 2. The number of likely N-dealkylation sites (tertiary alicyclic amines) is 1. The molecule has 0 aromatic heterocycles. The monoisotopic (exact) mass is 498 g/mol. The van der Waals surface area contributed by atoms with Crippen molar-refractivity contribution in [3.8, 4) is 5.75 Å². The summed E-state index contributed by atoms with van der Waals surface area (Å²) in [5, 5.41) is 11.8. The van der Waals surface area contributed by atoms with Crippen LogP contribution < -0.4 is 4.74 Å². The fourth-order valence-corrected chi connectivity index (χ4v) is 4.73. The molecular formula is C27H31ClN2O5. The predicted molar refractivity (Wildman–Crippen MR) is 135 cm³/mol. The van der Waals surface area contributed by atoms with Crippen LogP contribution in [0.5, 0.6) is 5.75 Å². The maximum absolute atomic E-state index is 13.2. The summed E-state index contributed by atoms with van der Waals surface area (Å²) in [4.78, 5) is 30.2. The summed E-state index contributed by atoms with van der Waals surface area (Å²) in [6, 6.07) is 13.3. The van der Waals surface area contributed by atoms with E-state index in [9.17, 15) is 14.7 Å². The Morgan fingerprint density at radius 1 is 1.11 bits per heavy atom. The number of ether oxygens (including phenoxy) is 2. The normalized spacial score (nSPS) is 20.4. The molecule has 2 heterocycles. The average Bonchev–Trinajstić information content (AvgIpc) is 3.13. The summed E-state index contributed by atoms with van der Waals surface area (Å²) in [7, 11) is 0. The van der Waals surface area contributed by atoms with E-state index in [0.717, 1.165) is 26.1 Å². The molecule has 35 heavy (non-hydrogen) atoms. The molecule has 2 aliphatic rings. The molecule has 0 spiro atoms. The molecule has 8 heteroatoms. The molecule has 0 radical (unpaired) electrons. The number of rotatable bonds is 9. The Morgan fingerprint density at radius 3 is 2.63 bits per heavy atom. The van der Waals surface area contributed by atoms with Gasteiger partial charge in [-0.1, -0.05) is 42.8 Å². The fourth-order valence-electron chi connectivity index (χ4n) is 4.53. The molecule has 1 atom stereocenters. The van der Waals surface area contributed by atoms with E-state index in [0.29, 0.717) is 54.7 Å². The summed E-state index contributed by atoms with van der Waals surface area (Å²) in [5.74, 6) is -0.934. The zero-order chi connectivity index (χ0) is 24.8. The second-order valence-corrected chi connectivity index (χ2v) is 9.17. The first-order valence-electron chi connectivity index (χ1n) is 12.1. The third kappa shape index (κ3) is 5.86. The number of morpholine rings is 1. The molecule has 186 valence electrons. The van der Waals surface area contributed by atoms with Crippen LogP contribution in [0.1, 0.15) is 36.9 Å². The highest BCUT2D eigenvalue weighted by atomic mass is 35.5. The van der Waals surface area contributed by atoms with Gasteiger partial charge in [-0.15, -0.1) is 0 Å². The van der Waals surface area contributed by atoms with Gasteiger partial charge in [0.05, 0.1) is 31.4 Å². The number of ketones is 1. The van der Waals surface area contributed by atoms with Crippen LogP contribution in [0.2, 0.25) is 5.02 Å². The Morgan fingerprint density at radius 2 is 1.89 bits per heavy atom. The molecule has 2 aliphatic heterocycles. The molecule has 0 saturated carbocycles. The average molecular weight is 499 g/mol.